The highest BCUT2D eigenvalue weighted by Crippen LogP contribution is 2.22. The van der Waals surface area contributed by atoms with E-state index in [0.717, 1.165) is 6.04 Å². The second kappa shape index (κ2) is 5.74. The fourth-order valence-corrected chi connectivity index (χ4v) is 3.39. The Bertz CT molecular complexity index is 306. The van der Waals surface area contributed by atoms with Gasteiger partial charge >= 0.3 is 0 Å². The average molecular weight is 235 g/mol. The van der Waals surface area contributed by atoms with Crippen LogP contribution in [0, 0.1) is 0 Å². The van der Waals surface area contributed by atoms with Gasteiger partial charge in [0.15, 0.2) is 0 Å². The Balaban J connectivity index is 1.91. The lowest BCUT2D eigenvalue weighted by atomic mass is 9.94. The fraction of sp³-hybridized carbons (Fsp3) is 0.571. The molecular formula is C14H21NS. The van der Waals surface area contributed by atoms with E-state index >= 15 is 0 Å². The van der Waals surface area contributed by atoms with Crippen molar-refractivity contribution in [3.05, 3.63) is 35.9 Å². The number of hydrogen-bond donors (Lipinski definition) is 1. The molecule has 0 bridgehead atoms. The van der Waals surface area contributed by atoms with Gasteiger partial charge < -0.3 is 5.32 Å². The number of benzene rings is 1. The molecule has 0 saturated carbocycles. The van der Waals surface area contributed by atoms with Crippen LogP contribution in [0.15, 0.2) is 30.3 Å². The first kappa shape index (κ1) is 12.0. The van der Waals surface area contributed by atoms with E-state index in [4.69, 9.17) is 0 Å². The van der Waals surface area contributed by atoms with Crippen molar-refractivity contribution in [1.82, 2.24) is 5.32 Å². The zero-order valence-corrected chi connectivity index (χ0v) is 11.0. The Morgan fingerprint density at radius 2 is 2.00 bits per heavy atom. The summed E-state index contributed by atoms with van der Waals surface area (Å²) in [5.41, 5.74) is 1.44. The van der Waals surface area contributed by atoms with E-state index in [0.29, 0.717) is 12.0 Å². The van der Waals surface area contributed by atoms with Crippen LogP contribution >= 0.6 is 11.8 Å². The summed E-state index contributed by atoms with van der Waals surface area (Å²) < 4.78 is 0. The first-order chi connectivity index (χ1) is 7.77. The average Bonchev–Trinajstić information content (AvgIpc) is 2.82. The summed E-state index contributed by atoms with van der Waals surface area (Å²) in [6.45, 7) is 4.62. The first-order valence-electron chi connectivity index (χ1n) is 6.16. The molecule has 3 atom stereocenters. The van der Waals surface area contributed by atoms with E-state index in [1.807, 2.05) is 0 Å². The van der Waals surface area contributed by atoms with Gasteiger partial charge in [-0.05, 0) is 30.6 Å². The Kier molecular flexibility index (Phi) is 4.30. The minimum Gasteiger partial charge on any atom is -0.310 e. The molecule has 1 saturated heterocycles. The van der Waals surface area contributed by atoms with Gasteiger partial charge in [-0.15, -0.1) is 0 Å². The molecule has 88 valence electrons. The molecule has 0 spiro atoms. The minimum atomic E-state index is 0.561. The summed E-state index contributed by atoms with van der Waals surface area (Å²) in [4.78, 5) is 0. The maximum absolute atomic E-state index is 3.76. The molecule has 2 rings (SSSR count). The van der Waals surface area contributed by atoms with Gasteiger partial charge in [0.2, 0.25) is 0 Å². The normalized spacial score (nSPS) is 24.2. The highest BCUT2D eigenvalue weighted by Gasteiger charge is 2.20. The SMILES string of the molecule is CC(NC1CCSC1)C(C)c1ccccc1. The van der Waals surface area contributed by atoms with Gasteiger partial charge in [0, 0.05) is 17.8 Å². The van der Waals surface area contributed by atoms with Crippen LogP contribution in [0.5, 0.6) is 0 Å². The monoisotopic (exact) mass is 235 g/mol. The topological polar surface area (TPSA) is 12.0 Å². The smallest absolute Gasteiger partial charge is 0.0168 e. The lowest BCUT2D eigenvalue weighted by Crippen LogP contribution is -2.39. The second-order valence-corrected chi connectivity index (χ2v) is 5.87. The molecule has 1 nitrogen and oxygen atoms in total. The van der Waals surface area contributed by atoms with Gasteiger partial charge in [-0.25, -0.2) is 0 Å². The molecule has 1 heterocycles. The van der Waals surface area contributed by atoms with Crippen molar-refractivity contribution >= 4 is 11.8 Å². The molecule has 0 aliphatic carbocycles. The van der Waals surface area contributed by atoms with Gasteiger partial charge in [0.25, 0.3) is 0 Å². The summed E-state index contributed by atoms with van der Waals surface area (Å²) in [7, 11) is 0. The second-order valence-electron chi connectivity index (χ2n) is 4.72. The lowest BCUT2D eigenvalue weighted by Gasteiger charge is -2.25. The van der Waals surface area contributed by atoms with Gasteiger partial charge in [0.05, 0.1) is 0 Å². The summed E-state index contributed by atoms with van der Waals surface area (Å²) in [5.74, 6) is 3.20. The lowest BCUT2D eigenvalue weighted by molar-refractivity contribution is 0.427. The van der Waals surface area contributed by atoms with E-state index in [9.17, 15) is 0 Å². The van der Waals surface area contributed by atoms with E-state index < -0.39 is 0 Å². The summed E-state index contributed by atoms with van der Waals surface area (Å²) in [6.07, 6.45) is 1.33. The number of nitrogens with one attached hydrogen (secondary N) is 1. The predicted octanol–water partition coefficient (Wildman–Crippen LogP) is 3.27. The largest absolute Gasteiger partial charge is 0.310 e. The van der Waals surface area contributed by atoms with Gasteiger partial charge in [-0.2, -0.15) is 11.8 Å². The first-order valence-corrected chi connectivity index (χ1v) is 7.31. The van der Waals surface area contributed by atoms with Gasteiger partial charge in [-0.3, -0.25) is 0 Å². The van der Waals surface area contributed by atoms with Crippen molar-refractivity contribution in [2.75, 3.05) is 11.5 Å². The number of hydrogen-bond acceptors (Lipinski definition) is 2. The van der Waals surface area contributed by atoms with E-state index in [1.54, 1.807) is 0 Å². The third-order valence-electron chi connectivity index (χ3n) is 3.50. The van der Waals surface area contributed by atoms with Crippen LogP contribution in [0.4, 0.5) is 0 Å². The molecule has 1 aliphatic heterocycles. The Morgan fingerprint density at radius 3 is 2.62 bits per heavy atom. The van der Waals surface area contributed by atoms with Crippen LogP contribution in [-0.4, -0.2) is 23.6 Å². The predicted molar refractivity (Wildman–Crippen MR) is 73.2 cm³/mol. The van der Waals surface area contributed by atoms with E-state index in [1.165, 1.54) is 23.5 Å². The minimum absolute atomic E-state index is 0.561. The molecule has 1 aromatic carbocycles. The highest BCUT2D eigenvalue weighted by atomic mass is 32.2. The zero-order valence-electron chi connectivity index (χ0n) is 10.1. The Morgan fingerprint density at radius 1 is 1.25 bits per heavy atom. The third-order valence-corrected chi connectivity index (χ3v) is 4.67. The van der Waals surface area contributed by atoms with Crippen LogP contribution in [-0.2, 0) is 0 Å². The highest BCUT2D eigenvalue weighted by molar-refractivity contribution is 7.99. The summed E-state index contributed by atoms with van der Waals surface area (Å²) >= 11 is 2.07. The van der Waals surface area contributed by atoms with Crippen LogP contribution < -0.4 is 5.32 Å². The van der Waals surface area contributed by atoms with Crippen LogP contribution in [0.3, 0.4) is 0 Å². The van der Waals surface area contributed by atoms with Crippen LogP contribution in [0.25, 0.3) is 0 Å². The van der Waals surface area contributed by atoms with E-state index in [-0.39, 0.29) is 0 Å². The van der Waals surface area contributed by atoms with Gasteiger partial charge in [0.1, 0.15) is 0 Å². The standard InChI is InChI=1S/C14H21NS/c1-11(13-6-4-3-5-7-13)12(2)15-14-8-9-16-10-14/h3-7,11-12,14-15H,8-10H2,1-2H3. The molecule has 0 amide bonds. The molecule has 1 fully saturated rings. The summed E-state index contributed by atoms with van der Waals surface area (Å²) in [6, 6.07) is 12.1. The van der Waals surface area contributed by atoms with Gasteiger partial charge in [-0.1, -0.05) is 37.3 Å². The fourth-order valence-electron chi connectivity index (χ4n) is 2.23. The molecule has 1 aliphatic rings. The molecular weight excluding hydrogens is 214 g/mol. The van der Waals surface area contributed by atoms with Crippen molar-refractivity contribution < 1.29 is 0 Å². The molecule has 0 aromatic heterocycles. The molecule has 1 aromatic rings. The molecule has 3 unspecified atom stereocenters. The molecule has 1 N–H and O–H groups in total. The van der Waals surface area contributed by atoms with E-state index in [2.05, 4.69) is 61.3 Å². The molecule has 0 radical (unpaired) electrons. The van der Waals surface area contributed by atoms with Crippen LogP contribution in [0.1, 0.15) is 31.7 Å². The maximum atomic E-state index is 3.76. The van der Waals surface area contributed by atoms with Crippen molar-refractivity contribution in [3.8, 4) is 0 Å². The molecule has 2 heteroatoms. The third kappa shape index (κ3) is 3.02. The Hall–Kier alpha value is -0.470. The maximum Gasteiger partial charge on any atom is 0.0168 e. The van der Waals surface area contributed by atoms with Crippen molar-refractivity contribution in [3.63, 3.8) is 0 Å². The quantitative estimate of drug-likeness (QED) is 0.859. The summed E-state index contributed by atoms with van der Waals surface area (Å²) in [5, 5.41) is 3.76. The van der Waals surface area contributed by atoms with Crippen LogP contribution in [0.2, 0.25) is 0 Å². The van der Waals surface area contributed by atoms with Crippen molar-refractivity contribution in [2.45, 2.75) is 38.3 Å². The zero-order chi connectivity index (χ0) is 11.4. The van der Waals surface area contributed by atoms with Crippen molar-refractivity contribution in [1.29, 1.82) is 0 Å². The molecule has 16 heavy (non-hydrogen) atoms. The Labute approximate surface area is 103 Å². The number of rotatable bonds is 4. The number of thioether (sulfide) groups is 1. The van der Waals surface area contributed by atoms with Crippen molar-refractivity contribution in [2.24, 2.45) is 0 Å².